The van der Waals surface area contributed by atoms with Gasteiger partial charge in [-0.25, -0.2) is 4.79 Å². The van der Waals surface area contributed by atoms with E-state index in [-0.39, 0.29) is 30.1 Å². The van der Waals surface area contributed by atoms with E-state index in [1.165, 1.54) is 7.11 Å². The Labute approximate surface area is 238 Å². The number of nitrogens with one attached hydrogen (secondary N) is 1. The van der Waals surface area contributed by atoms with Gasteiger partial charge in [-0.2, -0.15) is 9.97 Å². The molecule has 1 aromatic heterocycles. The first kappa shape index (κ1) is 28.4. The van der Waals surface area contributed by atoms with Crippen LogP contribution in [0, 0.1) is 17.8 Å². The molecule has 11 nitrogen and oxygen atoms in total. The maximum absolute atomic E-state index is 13.6. The van der Waals surface area contributed by atoms with Crippen LogP contribution in [0.1, 0.15) is 38.5 Å². The van der Waals surface area contributed by atoms with Crippen molar-refractivity contribution in [2.45, 2.75) is 50.2 Å². The number of rotatable bonds is 6. The molecule has 2 heterocycles. The number of carbonyl (C=O) groups excluding carboxylic acids is 2. The second kappa shape index (κ2) is 11.8. The number of nitrogens with zero attached hydrogens (tertiary/aromatic N) is 3. The summed E-state index contributed by atoms with van der Waals surface area (Å²) in [5.41, 5.74) is 0.00621. The van der Waals surface area contributed by atoms with Crippen molar-refractivity contribution in [1.29, 1.82) is 0 Å². The van der Waals surface area contributed by atoms with Gasteiger partial charge in [0.2, 0.25) is 17.7 Å². The van der Waals surface area contributed by atoms with Crippen molar-refractivity contribution >= 4 is 17.8 Å². The van der Waals surface area contributed by atoms with Crippen LogP contribution in [0.15, 0.2) is 42.5 Å². The van der Waals surface area contributed by atoms with Crippen molar-refractivity contribution in [2.24, 2.45) is 17.8 Å². The first-order chi connectivity index (χ1) is 19.7. The number of carboxylic acid groups (broad SMARTS) is 1. The summed E-state index contributed by atoms with van der Waals surface area (Å²) in [6.07, 6.45) is 6.75. The standard InChI is InChI=1S/C30H36N4O7/c1-34-12-7-5-4-6-10-19-17-30(19,28(37)38)33-26(35)22-14-21(15-23(22)27(34)36)41-25-16-24(31-29(32-25)40-3)18-9-8-11-20(13-18)39-2/h6,8-11,13,16,19,21-23H,4-5,7,12,14-15,17H2,1-3H3,(H,33,35)(H,37,38)/b10-6+/t19-,21+,22+,23+,30-/m0/s1. The molecule has 3 aliphatic rings. The molecule has 2 aliphatic carbocycles. The van der Waals surface area contributed by atoms with Gasteiger partial charge in [-0.1, -0.05) is 24.3 Å². The van der Waals surface area contributed by atoms with E-state index in [1.54, 1.807) is 25.1 Å². The lowest BCUT2D eigenvalue weighted by Crippen LogP contribution is -2.49. The number of amides is 2. The molecule has 41 heavy (non-hydrogen) atoms. The molecule has 1 aliphatic heterocycles. The zero-order chi connectivity index (χ0) is 29.1. The number of benzene rings is 1. The molecule has 11 heteroatoms. The first-order valence-electron chi connectivity index (χ1n) is 13.9. The molecule has 2 amide bonds. The molecule has 5 rings (SSSR count). The number of hydrogen-bond donors (Lipinski definition) is 2. The lowest BCUT2D eigenvalue weighted by molar-refractivity contribution is -0.145. The number of hydrogen-bond acceptors (Lipinski definition) is 8. The van der Waals surface area contributed by atoms with Crippen LogP contribution in [-0.2, 0) is 14.4 Å². The highest BCUT2D eigenvalue weighted by Crippen LogP contribution is 2.46. The van der Waals surface area contributed by atoms with Gasteiger partial charge in [0, 0.05) is 31.1 Å². The van der Waals surface area contributed by atoms with Crippen molar-refractivity contribution in [1.82, 2.24) is 20.2 Å². The molecule has 0 unspecified atom stereocenters. The Bertz CT molecular complexity index is 1350. The van der Waals surface area contributed by atoms with Crippen molar-refractivity contribution < 1.29 is 33.7 Å². The molecule has 0 bridgehead atoms. The highest BCUT2D eigenvalue weighted by Gasteiger charge is 2.61. The molecule has 2 saturated carbocycles. The molecule has 1 aromatic carbocycles. The molecule has 2 fully saturated rings. The summed E-state index contributed by atoms with van der Waals surface area (Å²) in [5.74, 6) is -2.36. The number of ether oxygens (including phenoxy) is 3. The minimum atomic E-state index is -1.33. The Morgan fingerprint density at radius 2 is 1.90 bits per heavy atom. The molecular formula is C30H36N4O7. The minimum Gasteiger partial charge on any atom is -0.497 e. The highest BCUT2D eigenvalue weighted by atomic mass is 16.5. The van der Waals surface area contributed by atoms with E-state index in [4.69, 9.17) is 14.2 Å². The van der Waals surface area contributed by atoms with E-state index in [2.05, 4.69) is 15.3 Å². The largest absolute Gasteiger partial charge is 0.497 e. The molecule has 2 aromatic rings. The Morgan fingerprint density at radius 1 is 1.10 bits per heavy atom. The Balaban J connectivity index is 1.40. The second-order valence-electron chi connectivity index (χ2n) is 11.0. The molecular weight excluding hydrogens is 528 g/mol. The molecule has 0 spiro atoms. The molecule has 2 N–H and O–H groups in total. The van der Waals surface area contributed by atoms with Gasteiger partial charge in [-0.05, 0) is 50.7 Å². The fourth-order valence-corrected chi connectivity index (χ4v) is 5.85. The number of allylic oxidation sites excluding steroid dienone is 1. The zero-order valence-corrected chi connectivity index (χ0v) is 23.5. The number of methoxy groups -OCH3 is 2. The van der Waals surface area contributed by atoms with E-state index >= 15 is 0 Å². The van der Waals surface area contributed by atoms with E-state index in [0.29, 0.717) is 30.8 Å². The van der Waals surface area contributed by atoms with Gasteiger partial charge < -0.3 is 29.5 Å². The van der Waals surface area contributed by atoms with E-state index in [1.807, 2.05) is 36.4 Å². The SMILES string of the molecule is COc1cccc(-c2cc(O[C@@H]3C[C@H]4C(=O)N[C@@]5(C(=O)O)C[C@@H]5/C=C/CCCCN(C)C(=O)[C@@H]4C3)nc(OC)n2)c1. The average molecular weight is 565 g/mol. The van der Waals surface area contributed by atoms with Crippen LogP contribution in [0.3, 0.4) is 0 Å². The summed E-state index contributed by atoms with van der Waals surface area (Å²) in [6.45, 7) is 0.582. The van der Waals surface area contributed by atoms with Crippen molar-refractivity contribution in [3.05, 3.63) is 42.5 Å². The monoisotopic (exact) mass is 564 g/mol. The maximum atomic E-state index is 13.6. The normalized spacial score (nSPS) is 28.9. The smallest absolute Gasteiger partial charge is 0.330 e. The summed E-state index contributed by atoms with van der Waals surface area (Å²) in [5, 5.41) is 12.8. The van der Waals surface area contributed by atoms with Crippen LogP contribution in [0.25, 0.3) is 11.3 Å². The molecule has 5 atom stereocenters. The number of carbonyl (C=O) groups is 3. The lowest BCUT2D eigenvalue weighted by atomic mass is 9.93. The summed E-state index contributed by atoms with van der Waals surface area (Å²) >= 11 is 0. The maximum Gasteiger partial charge on any atom is 0.330 e. The van der Waals surface area contributed by atoms with Gasteiger partial charge in [0.05, 0.1) is 31.7 Å². The van der Waals surface area contributed by atoms with E-state index in [9.17, 15) is 19.5 Å². The van der Waals surface area contributed by atoms with Gasteiger partial charge in [-0.3, -0.25) is 9.59 Å². The van der Waals surface area contributed by atoms with Gasteiger partial charge in [0.15, 0.2) is 0 Å². The van der Waals surface area contributed by atoms with Crippen LogP contribution < -0.4 is 19.5 Å². The average Bonchev–Trinajstić information content (AvgIpc) is 3.51. The van der Waals surface area contributed by atoms with Gasteiger partial charge in [0.1, 0.15) is 17.4 Å². The third-order valence-electron chi connectivity index (χ3n) is 8.29. The second-order valence-corrected chi connectivity index (χ2v) is 11.0. The van der Waals surface area contributed by atoms with Crippen LogP contribution >= 0.6 is 0 Å². The summed E-state index contributed by atoms with van der Waals surface area (Å²) < 4.78 is 16.9. The molecule has 0 radical (unpaired) electrons. The number of aromatic nitrogens is 2. The molecule has 0 saturated heterocycles. The van der Waals surface area contributed by atoms with Gasteiger partial charge >= 0.3 is 12.0 Å². The first-order valence-corrected chi connectivity index (χ1v) is 13.9. The predicted molar refractivity (Wildman–Crippen MR) is 148 cm³/mol. The topological polar surface area (TPSA) is 140 Å². The van der Waals surface area contributed by atoms with Crippen LogP contribution in [0.5, 0.6) is 17.6 Å². The Kier molecular flexibility index (Phi) is 8.14. The van der Waals surface area contributed by atoms with E-state index in [0.717, 1.165) is 24.8 Å². The third-order valence-corrected chi connectivity index (χ3v) is 8.29. The minimum absolute atomic E-state index is 0.113. The van der Waals surface area contributed by atoms with Crippen LogP contribution in [-0.4, -0.2) is 77.2 Å². The fourth-order valence-electron chi connectivity index (χ4n) is 5.85. The lowest BCUT2D eigenvalue weighted by Gasteiger charge is -2.26. The number of fused-ring (bicyclic) bond motifs is 2. The van der Waals surface area contributed by atoms with Gasteiger partial charge in [0.25, 0.3) is 0 Å². The van der Waals surface area contributed by atoms with Crippen molar-refractivity contribution in [3.63, 3.8) is 0 Å². The number of carboxylic acids is 1. The van der Waals surface area contributed by atoms with Crippen molar-refractivity contribution in [2.75, 3.05) is 27.8 Å². The predicted octanol–water partition coefficient (Wildman–Crippen LogP) is 3.09. The zero-order valence-electron chi connectivity index (χ0n) is 23.5. The fraction of sp³-hybridized carbons (Fsp3) is 0.500. The summed E-state index contributed by atoms with van der Waals surface area (Å²) in [4.78, 5) is 49.8. The summed E-state index contributed by atoms with van der Waals surface area (Å²) in [6, 6.07) is 9.19. The molecule has 218 valence electrons. The van der Waals surface area contributed by atoms with E-state index < -0.39 is 35.4 Å². The summed E-state index contributed by atoms with van der Waals surface area (Å²) in [7, 11) is 4.80. The third kappa shape index (κ3) is 5.98. The highest BCUT2D eigenvalue weighted by molar-refractivity contribution is 5.94. The quantitative estimate of drug-likeness (QED) is 0.507. The Hall–Kier alpha value is -4.15. The van der Waals surface area contributed by atoms with Crippen molar-refractivity contribution in [3.8, 4) is 28.9 Å². The van der Waals surface area contributed by atoms with Crippen LogP contribution in [0.4, 0.5) is 0 Å². The Morgan fingerprint density at radius 3 is 2.66 bits per heavy atom. The van der Waals surface area contributed by atoms with Gasteiger partial charge in [-0.15, -0.1) is 0 Å². The van der Waals surface area contributed by atoms with Crippen LogP contribution in [0.2, 0.25) is 0 Å². The number of aliphatic carboxylic acids is 1.